The van der Waals surface area contributed by atoms with Crippen molar-refractivity contribution in [2.24, 2.45) is 0 Å². The molecule has 0 spiro atoms. The number of anilines is 2. The SMILES string of the molecule is O=C(Nc1nc(-c2ccccn2)cs1)c1ccc([S+]([O-])Nc2cccc(Cl)c2)cc1. The lowest BCUT2D eigenvalue weighted by atomic mass is 10.2. The number of amides is 1. The van der Waals surface area contributed by atoms with Crippen molar-refractivity contribution in [2.45, 2.75) is 4.90 Å². The summed E-state index contributed by atoms with van der Waals surface area (Å²) in [5, 5.41) is 5.65. The van der Waals surface area contributed by atoms with Crippen LogP contribution < -0.4 is 10.0 Å². The number of aromatic nitrogens is 2. The van der Waals surface area contributed by atoms with Gasteiger partial charge in [-0.2, -0.15) is 0 Å². The number of thiazole rings is 1. The van der Waals surface area contributed by atoms with Crippen molar-refractivity contribution in [1.82, 2.24) is 9.97 Å². The molecule has 0 saturated carbocycles. The standard InChI is InChI=1S/C21H15ClN4O2S2/c22-15-4-3-5-16(12-15)26-30(28)17-9-7-14(8-10-17)20(27)25-21-24-19(13-29-21)18-6-1-2-11-23-18/h1-13,26H,(H,24,25,27). The number of pyridine rings is 1. The predicted molar refractivity (Wildman–Crippen MR) is 121 cm³/mol. The number of hydrogen-bond donors (Lipinski definition) is 2. The molecule has 0 saturated heterocycles. The van der Waals surface area contributed by atoms with Crippen LogP contribution in [0.15, 0.2) is 83.2 Å². The van der Waals surface area contributed by atoms with E-state index in [4.69, 9.17) is 11.6 Å². The molecule has 0 aliphatic rings. The normalized spacial score (nSPS) is 11.7. The summed E-state index contributed by atoms with van der Waals surface area (Å²) in [6, 6.07) is 19.1. The minimum absolute atomic E-state index is 0.294. The van der Waals surface area contributed by atoms with Gasteiger partial charge in [0.15, 0.2) is 10.0 Å². The van der Waals surface area contributed by atoms with Crippen LogP contribution in [-0.4, -0.2) is 20.4 Å². The summed E-state index contributed by atoms with van der Waals surface area (Å²) in [7, 11) is 0. The van der Waals surface area contributed by atoms with Crippen LogP contribution in [0, 0.1) is 0 Å². The molecule has 1 amide bonds. The second-order valence-corrected chi connectivity index (χ2v) is 8.62. The van der Waals surface area contributed by atoms with E-state index in [2.05, 4.69) is 20.0 Å². The van der Waals surface area contributed by atoms with Gasteiger partial charge < -0.3 is 4.55 Å². The third-order valence-electron chi connectivity index (χ3n) is 4.02. The monoisotopic (exact) mass is 454 g/mol. The number of benzene rings is 2. The molecule has 0 bridgehead atoms. The van der Waals surface area contributed by atoms with Crippen LogP contribution in [0.1, 0.15) is 10.4 Å². The van der Waals surface area contributed by atoms with Crippen LogP contribution in [-0.2, 0) is 11.4 Å². The van der Waals surface area contributed by atoms with E-state index < -0.39 is 11.4 Å². The van der Waals surface area contributed by atoms with Crippen molar-refractivity contribution >= 4 is 51.0 Å². The summed E-state index contributed by atoms with van der Waals surface area (Å²) in [5.74, 6) is -0.294. The summed E-state index contributed by atoms with van der Waals surface area (Å²) >= 11 is 5.79. The Morgan fingerprint density at radius 2 is 1.87 bits per heavy atom. The number of nitrogens with zero attached hydrogens (tertiary/aromatic N) is 2. The first-order valence-electron chi connectivity index (χ1n) is 8.81. The van der Waals surface area contributed by atoms with E-state index in [0.29, 0.717) is 32.0 Å². The largest absolute Gasteiger partial charge is 0.588 e. The van der Waals surface area contributed by atoms with Gasteiger partial charge in [0.25, 0.3) is 5.91 Å². The minimum Gasteiger partial charge on any atom is -0.588 e. The molecule has 4 rings (SSSR count). The highest BCUT2D eigenvalue weighted by atomic mass is 35.5. The van der Waals surface area contributed by atoms with Gasteiger partial charge in [0.1, 0.15) is 17.1 Å². The highest BCUT2D eigenvalue weighted by Crippen LogP contribution is 2.24. The minimum atomic E-state index is -1.48. The zero-order valence-corrected chi connectivity index (χ0v) is 17.8. The molecule has 0 aliphatic heterocycles. The summed E-state index contributed by atoms with van der Waals surface area (Å²) in [4.78, 5) is 21.7. The highest BCUT2D eigenvalue weighted by Gasteiger charge is 2.15. The molecule has 2 aromatic heterocycles. The zero-order valence-electron chi connectivity index (χ0n) is 15.4. The van der Waals surface area contributed by atoms with Gasteiger partial charge >= 0.3 is 0 Å². The Morgan fingerprint density at radius 1 is 1.03 bits per heavy atom. The molecule has 0 fully saturated rings. The van der Waals surface area contributed by atoms with E-state index in [1.165, 1.54) is 11.3 Å². The molecule has 9 heteroatoms. The molecule has 1 atom stereocenters. The summed E-state index contributed by atoms with van der Waals surface area (Å²) in [6.45, 7) is 0. The number of hydrogen-bond acceptors (Lipinski definition) is 6. The summed E-state index contributed by atoms with van der Waals surface area (Å²) in [5.41, 5.74) is 2.53. The van der Waals surface area contributed by atoms with Gasteiger partial charge in [0.2, 0.25) is 0 Å². The van der Waals surface area contributed by atoms with Crippen molar-refractivity contribution < 1.29 is 9.35 Å². The van der Waals surface area contributed by atoms with E-state index >= 15 is 0 Å². The van der Waals surface area contributed by atoms with Crippen LogP contribution in [0.4, 0.5) is 10.8 Å². The predicted octanol–water partition coefficient (Wildman–Crippen LogP) is 5.25. The van der Waals surface area contributed by atoms with Crippen molar-refractivity contribution in [2.75, 3.05) is 10.0 Å². The average molecular weight is 455 g/mol. The molecule has 2 heterocycles. The summed E-state index contributed by atoms with van der Waals surface area (Å²) in [6.07, 6.45) is 1.69. The fourth-order valence-corrected chi connectivity index (χ4v) is 4.31. The van der Waals surface area contributed by atoms with Gasteiger partial charge in [-0.05, 0) is 54.6 Å². The van der Waals surface area contributed by atoms with Crippen LogP contribution in [0.3, 0.4) is 0 Å². The maximum absolute atomic E-state index is 12.5. The second-order valence-electron chi connectivity index (χ2n) is 6.11. The van der Waals surface area contributed by atoms with Gasteiger partial charge in [-0.3, -0.25) is 15.1 Å². The third kappa shape index (κ3) is 4.98. The molecule has 6 nitrogen and oxygen atoms in total. The van der Waals surface area contributed by atoms with E-state index in [1.807, 2.05) is 23.6 Å². The molecule has 150 valence electrons. The second kappa shape index (κ2) is 9.27. The zero-order chi connectivity index (χ0) is 20.9. The number of rotatable bonds is 6. The third-order valence-corrected chi connectivity index (χ3v) is 6.13. The first-order chi connectivity index (χ1) is 14.6. The fourth-order valence-electron chi connectivity index (χ4n) is 2.58. The Bertz CT molecular complexity index is 1150. The van der Waals surface area contributed by atoms with Crippen LogP contribution in [0.5, 0.6) is 0 Å². The fraction of sp³-hybridized carbons (Fsp3) is 0. The molecular weight excluding hydrogens is 440 g/mol. The first-order valence-corrected chi connectivity index (χ1v) is 11.2. The molecule has 2 N–H and O–H groups in total. The maximum Gasteiger partial charge on any atom is 0.257 e. The molecule has 0 aliphatic carbocycles. The van der Waals surface area contributed by atoms with Gasteiger partial charge in [0, 0.05) is 22.2 Å². The van der Waals surface area contributed by atoms with Crippen molar-refractivity contribution in [3.63, 3.8) is 0 Å². The lowest BCUT2D eigenvalue weighted by Crippen LogP contribution is -2.14. The lowest BCUT2D eigenvalue weighted by molar-refractivity contribution is 0.102. The molecule has 0 radical (unpaired) electrons. The van der Waals surface area contributed by atoms with E-state index in [1.54, 1.807) is 54.7 Å². The Balaban J connectivity index is 1.40. The summed E-state index contributed by atoms with van der Waals surface area (Å²) < 4.78 is 15.4. The number of halogens is 1. The number of carbonyl (C=O) groups is 1. The Labute approximate surface area is 185 Å². The van der Waals surface area contributed by atoms with E-state index in [9.17, 15) is 9.35 Å². The number of carbonyl (C=O) groups excluding carboxylic acids is 1. The molecule has 1 unspecified atom stereocenters. The molecule has 4 aromatic rings. The topological polar surface area (TPSA) is 90.0 Å². The van der Waals surface area contributed by atoms with Gasteiger partial charge in [-0.25, -0.2) is 9.71 Å². The first kappa shape index (κ1) is 20.4. The van der Waals surface area contributed by atoms with Crippen molar-refractivity contribution in [3.05, 3.63) is 88.9 Å². The van der Waals surface area contributed by atoms with E-state index in [-0.39, 0.29) is 5.91 Å². The highest BCUT2D eigenvalue weighted by molar-refractivity contribution is 7.92. The van der Waals surface area contributed by atoms with Crippen LogP contribution >= 0.6 is 22.9 Å². The van der Waals surface area contributed by atoms with Crippen LogP contribution in [0.2, 0.25) is 5.02 Å². The van der Waals surface area contributed by atoms with Crippen molar-refractivity contribution in [3.8, 4) is 11.4 Å². The Hall–Kier alpha value is -2.91. The maximum atomic E-state index is 12.5. The molecule has 30 heavy (non-hydrogen) atoms. The van der Waals surface area contributed by atoms with Gasteiger partial charge in [0.05, 0.1) is 11.4 Å². The molecule has 2 aromatic carbocycles. The van der Waals surface area contributed by atoms with Crippen molar-refractivity contribution in [1.29, 1.82) is 0 Å². The van der Waals surface area contributed by atoms with E-state index in [0.717, 1.165) is 5.69 Å². The Kier molecular flexibility index (Phi) is 6.29. The smallest absolute Gasteiger partial charge is 0.257 e. The quantitative estimate of drug-likeness (QED) is 0.388. The molecular formula is C21H15ClN4O2S2. The number of nitrogens with one attached hydrogen (secondary N) is 2. The lowest BCUT2D eigenvalue weighted by Gasteiger charge is -2.12. The van der Waals surface area contributed by atoms with Gasteiger partial charge in [-0.15, -0.1) is 11.3 Å². The average Bonchev–Trinajstić information content (AvgIpc) is 3.23. The van der Waals surface area contributed by atoms with Gasteiger partial charge in [-0.1, -0.05) is 23.7 Å². The Morgan fingerprint density at radius 3 is 2.60 bits per heavy atom. The van der Waals surface area contributed by atoms with Crippen LogP contribution in [0.25, 0.3) is 11.4 Å².